The molecular formula is C19H23N3O. The van der Waals surface area contributed by atoms with Gasteiger partial charge in [0.15, 0.2) is 0 Å². The Bertz CT molecular complexity index is 633. The van der Waals surface area contributed by atoms with Crippen LogP contribution in [0.3, 0.4) is 0 Å². The van der Waals surface area contributed by atoms with Gasteiger partial charge in [0.1, 0.15) is 0 Å². The predicted molar refractivity (Wildman–Crippen MR) is 92.9 cm³/mol. The Labute approximate surface area is 137 Å². The Balaban J connectivity index is 1.62. The van der Waals surface area contributed by atoms with Crippen LogP contribution in [-0.2, 0) is 4.79 Å². The minimum Gasteiger partial charge on any atom is -0.325 e. The minimum absolute atomic E-state index is 0.0754. The van der Waals surface area contributed by atoms with Crippen molar-refractivity contribution in [2.45, 2.75) is 38.1 Å². The van der Waals surface area contributed by atoms with Crippen molar-refractivity contribution in [3.8, 4) is 11.1 Å². The molecule has 0 radical (unpaired) electrons. The molecule has 4 nitrogen and oxygen atoms in total. The third-order valence-electron chi connectivity index (χ3n) is 4.63. The van der Waals surface area contributed by atoms with Crippen LogP contribution in [0.15, 0.2) is 48.8 Å². The normalized spacial score (nSPS) is 16.7. The lowest BCUT2D eigenvalue weighted by Gasteiger charge is -2.26. The number of nitrogens with zero attached hydrogens (tertiary/aromatic N) is 1. The summed E-state index contributed by atoms with van der Waals surface area (Å²) in [6.45, 7) is 0. The van der Waals surface area contributed by atoms with Gasteiger partial charge in [0.25, 0.3) is 0 Å². The fourth-order valence-corrected chi connectivity index (χ4v) is 3.22. The highest BCUT2D eigenvalue weighted by Gasteiger charge is 2.26. The van der Waals surface area contributed by atoms with Crippen molar-refractivity contribution < 1.29 is 4.79 Å². The Morgan fingerprint density at radius 3 is 2.26 bits per heavy atom. The number of benzene rings is 1. The molecule has 1 heterocycles. The summed E-state index contributed by atoms with van der Waals surface area (Å²) in [5, 5.41) is 2.94. The topological polar surface area (TPSA) is 68.0 Å². The molecule has 2 aromatic rings. The second kappa shape index (κ2) is 7.38. The number of amides is 1. The third kappa shape index (κ3) is 3.96. The maximum Gasteiger partial charge on any atom is 0.241 e. The summed E-state index contributed by atoms with van der Waals surface area (Å²) in [5.41, 5.74) is 9.14. The molecule has 0 spiro atoms. The number of anilines is 1. The molecule has 0 aliphatic heterocycles. The molecule has 1 atom stereocenters. The monoisotopic (exact) mass is 309 g/mol. The molecule has 4 heteroatoms. The molecule has 1 aromatic heterocycles. The first-order chi connectivity index (χ1) is 11.2. The summed E-state index contributed by atoms with van der Waals surface area (Å²) in [4.78, 5) is 16.3. The van der Waals surface area contributed by atoms with E-state index in [0.717, 1.165) is 29.7 Å². The Kier molecular flexibility index (Phi) is 5.03. The molecule has 0 bridgehead atoms. The maximum absolute atomic E-state index is 12.3. The third-order valence-corrected chi connectivity index (χ3v) is 4.63. The average molecular weight is 309 g/mol. The van der Waals surface area contributed by atoms with Gasteiger partial charge in [0, 0.05) is 18.1 Å². The van der Waals surface area contributed by atoms with Crippen LogP contribution >= 0.6 is 0 Å². The van der Waals surface area contributed by atoms with Crippen LogP contribution in [0.2, 0.25) is 0 Å². The standard InChI is InChI=1S/C19H23N3O/c20-18(16-4-2-1-3-5-16)19(23)22-17-8-6-14(7-9-17)15-10-12-21-13-11-15/h6-13,16,18H,1-5,20H2,(H,22,23). The molecule has 23 heavy (non-hydrogen) atoms. The highest BCUT2D eigenvalue weighted by Crippen LogP contribution is 2.26. The lowest BCUT2D eigenvalue weighted by atomic mass is 9.84. The van der Waals surface area contributed by atoms with Gasteiger partial charge in [-0.1, -0.05) is 31.4 Å². The zero-order chi connectivity index (χ0) is 16.1. The maximum atomic E-state index is 12.3. The number of hydrogen-bond donors (Lipinski definition) is 2. The lowest BCUT2D eigenvalue weighted by molar-refractivity contribution is -0.118. The number of aromatic nitrogens is 1. The first-order valence-electron chi connectivity index (χ1n) is 8.31. The van der Waals surface area contributed by atoms with E-state index >= 15 is 0 Å². The lowest BCUT2D eigenvalue weighted by Crippen LogP contribution is -2.42. The van der Waals surface area contributed by atoms with Crippen molar-refractivity contribution in [3.63, 3.8) is 0 Å². The van der Waals surface area contributed by atoms with Crippen molar-refractivity contribution >= 4 is 11.6 Å². The second-order valence-corrected chi connectivity index (χ2v) is 6.23. The molecule has 1 aromatic carbocycles. The fraction of sp³-hybridized carbons (Fsp3) is 0.368. The van der Waals surface area contributed by atoms with Crippen LogP contribution in [0, 0.1) is 5.92 Å². The van der Waals surface area contributed by atoms with Gasteiger partial charge in [0.05, 0.1) is 6.04 Å². The van der Waals surface area contributed by atoms with E-state index in [0.29, 0.717) is 5.92 Å². The summed E-state index contributed by atoms with van der Waals surface area (Å²) in [7, 11) is 0. The minimum atomic E-state index is -0.407. The number of nitrogens with two attached hydrogens (primary N) is 1. The van der Waals surface area contributed by atoms with Crippen molar-refractivity contribution in [1.29, 1.82) is 0 Å². The molecule has 1 fully saturated rings. The summed E-state index contributed by atoms with van der Waals surface area (Å²) >= 11 is 0. The molecule has 1 aliphatic rings. The first kappa shape index (κ1) is 15.7. The van der Waals surface area contributed by atoms with Gasteiger partial charge in [0.2, 0.25) is 5.91 Å². The van der Waals surface area contributed by atoms with Gasteiger partial charge in [-0.05, 0) is 54.2 Å². The first-order valence-corrected chi connectivity index (χ1v) is 8.31. The van der Waals surface area contributed by atoms with E-state index in [1.54, 1.807) is 12.4 Å². The van der Waals surface area contributed by atoms with E-state index in [4.69, 9.17) is 5.73 Å². The number of carbonyl (C=O) groups is 1. The summed E-state index contributed by atoms with van der Waals surface area (Å²) in [5.74, 6) is 0.244. The van der Waals surface area contributed by atoms with Gasteiger partial charge in [-0.3, -0.25) is 9.78 Å². The molecule has 120 valence electrons. The average Bonchev–Trinajstić information content (AvgIpc) is 2.63. The highest BCUT2D eigenvalue weighted by molar-refractivity contribution is 5.95. The highest BCUT2D eigenvalue weighted by atomic mass is 16.2. The number of carbonyl (C=O) groups excluding carboxylic acids is 1. The number of rotatable bonds is 4. The van der Waals surface area contributed by atoms with Gasteiger partial charge >= 0.3 is 0 Å². The largest absolute Gasteiger partial charge is 0.325 e. The van der Waals surface area contributed by atoms with Crippen LogP contribution in [0.25, 0.3) is 11.1 Å². The number of nitrogens with one attached hydrogen (secondary N) is 1. The Hall–Kier alpha value is -2.20. The van der Waals surface area contributed by atoms with Gasteiger partial charge in [-0.25, -0.2) is 0 Å². The molecule has 1 unspecified atom stereocenters. The Morgan fingerprint density at radius 2 is 1.61 bits per heavy atom. The van der Waals surface area contributed by atoms with E-state index in [1.807, 2.05) is 36.4 Å². The summed E-state index contributed by atoms with van der Waals surface area (Å²) < 4.78 is 0. The van der Waals surface area contributed by atoms with Gasteiger partial charge in [-0.15, -0.1) is 0 Å². The molecule has 1 amide bonds. The van der Waals surface area contributed by atoms with E-state index in [1.165, 1.54) is 19.3 Å². The predicted octanol–water partition coefficient (Wildman–Crippen LogP) is 3.59. The van der Waals surface area contributed by atoms with Crippen LogP contribution < -0.4 is 11.1 Å². The van der Waals surface area contributed by atoms with E-state index in [9.17, 15) is 4.79 Å². The SMILES string of the molecule is NC(C(=O)Nc1ccc(-c2ccncc2)cc1)C1CCCCC1. The van der Waals surface area contributed by atoms with Gasteiger partial charge < -0.3 is 11.1 Å². The van der Waals surface area contributed by atoms with Crippen LogP contribution in [-0.4, -0.2) is 16.9 Å². The zero-order valence-corrected chi connectivity index (χ0v) is 13.2. The molecule has 0 saturated heterocycles. The zero-order valence-electron chi connectivity index (χ0n) is 13.2. The fourth-order valence-electron chi connectivity index (χ4n) is 3.22. The van der Waals surface area contributed by atoms with Crippen molar-refractivity contribution in [2.24, 2.45) is 11.7 Å². The molecule has 3 rings (SSSR count). The number of pyridine rings is 1. The van der Waals surface area contributed by atoms with E-state index in [2.05, 4.69) is 10.3 Å². The molecule has 1 aliphatic carbocycles. The number of hydrogen-bond acceptors (Lipinski definition) is 3. The molecular weight excluding hydrogens is 286 g/mol. The Morgan fingerprint density at radius 1 is 1.00 bits per heavy atom. The second-order valence-electron chi connectivity index (χ2n) is 6.23. The molecule has 3 N–H and O–H groups in total. The van der Waals surface area contributed by atoms with E-state index in [-0.39, 0.29) is 5.91 Å². The van der Waals surface area contributed by atoms with Crippen molar-refractivity contribution in [3.05, 3.63) is 48.8 Å². The van der Waals surface area contributed by atoms with Crippen molar-refractivity contribution in [2.75, 3.05) is 5.32 Å². The smallest absolute Gasteiger partial charge is 0.241 e. The molecule has 1 saturated carbocycles. The van der Waals surface area contributed by atoms with Crippen LogP contribution in [0.1, 0.15) is 32.1 Å². The van der Waals surface area contributed by atoms with E-state index < -0.39 is 6.04 Å². The summed E-state index contributed by atoms with van der Waals surface area (Å²) in [6, 6.07) is 11.4. The summed E-state index contributed by atoms with van der Waals surface area (Å²) in [6.07, 6.45) is 9.31. The quantitative estimate of drug-likeness (QED) is 0.907. The van der Waals surface area contributed by atoms with Crippen LogP contribution in [0.5, 0.6) is 0 Å². The van der Waals surface area contributed by atoms with Crippen LogP contribution in [0.4, 0.5) is 5.69 Å². The van der Waals surface area contributed by atoms with Gasteiger partial charge in [-0.2, -0.15) is 0 Å². The van der Waals surface area contributed by atoms with Crippen molar-refractivity contribution in [1.82, 2.24) is 4.98 Å².